The predicted molar refractivity (Wildman–Crippen MR) is 117 cm³/mol. The van der Waals surface area contributed by atoms with Crippen molar-refractivity contribution in [3.63, 3.8) is 0 Å². The molecule has 166 valence electrons. The van der Waals surface area contributed by atoms with Crippen molar-refractivity contribution in [2.75, 3.05) is 29.6 Å². The highest BCUT2D eigenvalue weighted by atomic mass is 19.1. The van der Waals surface area contributed by atoms with Crippen molar-refractivity contribution in [3.05, 3.63) is 59.5 Å². The highest BCUT2D eigenvalue weighted by Crippen LogP contribution is 2.30. The molecule has 9 nitrogen and oxygen atoms in total. The van der Waals surface area contributed by atoms with E-state index in [1.807, 2.05) is 0 Å². The van der Waals surface area contributed by atoms with Gasteiger partial charge in [0.1, 0.15) is 5.82 Å². The standard InChI is InChI=1S/C22H21FN4O5/c1-12-7-20(32-26-12)14-6-4-5-13(8-14)19(28)11-21(29)24-16-9-15(23)18(27(2)3)10-17(16)25-22(30)31/h4-10,25H,11H2,1-3H3,(H,24,29)(H,30,31). The molecule has 3 aromatic rings. The number of halogens is 1. The van der Waals surface area contributed by atoms with Crippen LogP contribution in [-0.2, 0) is 4.79 Å². The second-order valence-electron chi connectivity index (χ2n) is 7.24. The van der Waals surface area contributed by atoms with Gasteiger partial charge in [-0.2, -0.15) is 0 Å². The number of rotatable bonds is 7. The summed E-state index contributed by atoms with van der Waals surface area (Å²) in [4.78, 5) is 37.6. The molecule has 0 saturated carbocycles. The van der Waals surface area contributed by atoms with Crippen LogP contribution in [0, 0.1) is 12.7 Å². The lowest BCUT2D eigenvalue weighted by atomic mass is 10.0. The van der Waals surface area contributed by atoms with E-state index in [-0.39, 0.29) is 22.6 Å². The molecule has 0 spiro atoms. The summed E-state index contributed by atoms with van der Waals surface area (Å²) in [6.45, 7) is 1.77. The van der Waals surface area contributed by atoms with Crippen molar-refractivity contribution in [2.45, 2.75) is 13.3 Å². The van der Waals surface area contributed by atoms with E-state index in [1.165, 1.54) is 11.0 Å². The van der Waals surface area contributed by atoms with Crippen molar-refractivity contribution in [2.24, 2.45) is 0 Å². The molecule has 1 heterocycles. The van der Waals surface area contributed by atoms with Crippen molar-refractivity contribution < 1.29 is 28.4 Å². The fourth-order valence-corrected chi connectivity index (χ4v) is 3.01. The van der Waals surface area contributed by atoms with Gasteiger partial charge in [-0.05, 0) is 19.1 Å². The van der Waals surface area contributed by atoms with Crippen LogP contribution in [0.3, 0.4) is 0 Å². The fraction of sp³-hybridized carbons (Fsp3) is 0.182. The van der Waals surface area contributed by atoms with Gasteiger partial charge in [-0.15, -0.1) is 0 Å². The first kappa shape index (κ1) is 22.5. The van der Waals surface area contributed by atoms with Crippen LogP contribution in [-0.4, -0.2) is 42.1 Å². The lowest BCUT2D eigenvalue weighted by Crippen LogP contribution is -2.20. The molecule has 0 atom stereocenters. The molecule has 10 heteroatoms. The van der Waals surface area contributed by atoms with Gasteiger partial charge in [-0.1, -0.05) is 23.4 Å². The zero-order chi connectivity index (χ0) is 23.4. The van der Waals surface area contributed by atoms with Crippen molar-refractivity contribution in [3.8, 4) is 11.3 Å². The molecule has 0 saturated heterocycles. The van der Waals surface area contributed by atoms with Crippen LogP contribution in [0.25, 0.3) is 11.3 Å². The quantitative estimate of drug-likeness (QED) is 0.372. The fourth-order valence-electron chi connectivity index (χ4n) is 3.01. The average molecular weight is 440 g/mol. The second-order valence-corrected chi connectivity index (χ2v) is 7.24. The molecular weight excluding hydrogens is 419 g/mol. The van der Waals surface area contributed by atoms with Gasteiger partial charge in [-0.3, -0.25) is 14.9 Å². The second kappa shape index (κ2) is 9.29. The minimum absolute atomic E-state index is 0.0221. The Kier molecular flexibility index (Phi) is 6.53. The molecule has 0 fully saturated rings. The number of Topliss-reactive ketones (excluding diaryl/α,β-unsaturated/α-hetero) is 1. The minimum Gasteiger partial charge on any atom is -0.465 e. The Bertz CT molecular complexity index is 1190. The maximum Gasteiger partial charge on any atom is 0.409 e. The van der Waals surface area contributed by atoms with Crippen LogP contribution < -0.4 is 15.5 Å². The Balaban J connectivity index is 1.77. The Hall–Kier alpha value is -4.21. The van der Waals surface area contributed by atoms with E-state index in [0.29, 0.717) is 17.0 Å². The average Bonchev–Trinajstić information content (AvgIpc) is 3.15. The number of aryl methyl sites for hydroxylation is 1. The molecule has 2 amide bonds. The summed E-state index contributed by atoms with van der Waals surface area (Å²) in [5.41, 5.74) is 1.61. The molecule has 3 N–H and O–H groups in total. The van der Waals surface area contributed by atoms with E-state index in [2.05, 4.69) is 15.8 Å². The number of carbonyl (C=O) groups is 3. The molecule has 0 aliphatic heterocycles. The van der Waals surface area contributed by atoms with E-state index < -0.39 is 30.0 Å². The zero-order valence-corrected chi connectivity index (χ0v) is 17.6. The Labute approximate surface area is 182 Å². The Morgan fingerprint density at radius 3 is 2.44 bits per heavy atom. The topological polar surface area (TPSA) is 125 Å². The van der Waals surface area contributed by atoms with Crippen molar-refractivity contribution >= 4 is 34.8 Å². The maximum absolute atomic E-state index is 14.4. The van der Waals surface area contributed by atoms with E-state index in [4.69, 9.17) is 9.63 Å². The largest absolute Gasteiger partial charge is 0.465 e. The molecule has 1 aromatic heterocycles. The normalized spacial score (nSPS) is 10.5. The first-order valence-electron chi connectivity index (χ1n) is 9.51. The molecule has 0 aliphatic rings. The summed E-state index contributed by atoms with van der Waals surface area (Å²) in [7, 11) is 3.18. The predicted octanol–water partition coefficient (Wildman–Crippen LogP) is 4.16. The summed E-state index contributed by atoms with van der Waals surface area (Å²) < 4.78 is 19.5. The third-order valence-corrected chi connectivity index (χ3v) is 4.50. The Morgan fingerprint density at radius 1 is 1.09 bits per heavy atom. The number of benzene rings is 2. The first-order chi connectivity index (χ1) is 15.1. The molecule has 0 unspecified atom stereocenters. The summed E-state index contributed by atoms with van der Waals surface area (Å²) >= 11 is 0. The molecule has 32 heavy (non-hydrogen) atoms. The van der Waals surface area contributed by atoms with Crippen LogP contribution in [0.1, 0.15) is 22.5 Å². The van der Waals surface area contributed by atoms with E-state index in [1.54, 1.807) is 51.4 Å². The minimum atomic E-state index is -1.38. The van der Waals surface area contributed by atoms with Crippen LogP contribution >= 0.6 is 0 Å². The number of nitrogens with one attached hydrogen (secondary N) is 2. The third kappa shape index (κ3) is 5.28. The molecular formula is C22H21FN4O5. The Morgan fingerprint density at radius 2 is 1.81 bits per heavy atom. The van der Waals surface area contributed by atoms with Gasteiger partial charge in [0, 0.05) is 37.4 Å². The van der Waals surface area contributed by atoms with Gasteiger partial charge >= 0.3 is 6.09 Å². The summed E-state index contributed by atoms with van der Waals surface area (Å²) in [6, 6.07) is 10.5. The number of aromatic nitrogens is 1. The van der Waals surface area contributed by atoms with Crippen LogP contribution in [0.4, 0.5) is 26.2 Å². The highest BCUT2D eigenvalue weighted by Gasteiger charge is 2.18. The van der Waals surface area contributed by atoms with E-state index in [9.17, 15) is 18.8 Å². The number of hydrogen-bond acceptors (Lipinski definition) is 6. The third-order valence-electron chi connectivity index (χ3n) is 4.50. The number of nitrogens with zero attached hydrogens (tertiary/aromatic N) is 2. The maximum atomic E-state index is 14.4. The van der Waals surface area contributed by atoms with Crippen LogP contribution in [0.2, 0.25) is 0 Å². The molecule has 2 aromatic carbocycles. The van der Waals surface area contributed by atoms with Gasteiger partial charge in [0.25, 0.3) is 0 Å². The summed E-state index contributed by atoms with van der Waals surface area (Å²) in [5, 5.41) is 17.4. The molecule has 0 bridgehead atoms. The van der Waals surface area contributed by atoms with Gasteiger partial charge in [0.05, 0.1) is 29.2 Å². The van der Waals surface area contributed by atoms with Crippen molar-refractivity contribution in [1.29, 1.82) is 0 Å². The summed E-state index contributed by atoms with van der Waals surface area (Å²) in [6.07, 6.45) is -1.91. The summed E-state index contributed by atoms with van der Waals surface area (Å²) in [5.74, 6) is -1.37. The monoisotopic (exact) mass is 440 g/mol. The van der Waals surface area contributed by atoms with Gasteiger partial charge in [0.2, 0.25) is 5.91 Å². The van der Waals surface area contributed by atoms with E-state index in [0.717, 1.165) is 6.07 Å². The van der Waals surface area contributed by atoms with E-state index >= 15 is 0 Å². The number of anilines is 3. The molecule has 3 rings (SSSR count). The van der Waals surface area contributed by atoms with Gasteiger partial charge in [-0.25, -0.2) is 9.18 Å². The van der Waals surface area contributed by atoms with Crippen molar-refractivity contribution in [1.82, 2.24) is 5.16 Å². The smallest absolute Gasteiger partial charge is 0.409 e. The first-order valence-corrected chi connectivity index (χ1v) is 9.51. The molecule has 0 aliphatic carbocycles. The highest BCUT2D eigenvalue weighted by molar-refractivity contribution is 6.12. The van der Waals surface area contributed by atoms with Crippen LogP contribution in [0.15, 0.2) is 47.0 Å². The number of carboxylic acid groups (broad SMARTS) is 1. The number of carbonyl (C=O) groups excluding carboxylic acids is 2. The lowest BCUT2D eigenvalue weighted by molar-refractivity contribution is -0.115. The van der Waals surface area contributed by atoms with Gasteiger partial charge in [0.15, 0.2) is 11.5 Å². The molecule has 0 radical (unpaired) electrons. The van der Waals surface area contributed by atoms with Gasteiger partial charge < -0.3 is 19.8 Å². The van der Waals surface area contributed by atoms with Crippen LogP contribution in [0.5, 0.6) is 0 Å². The number of hydrogen-bond donors (Lipinski definition) is 3. The number of amides is 2. The SMILES string of the molecule is Cc1cc(-c2cccc(C(=O)CC(=O)Nc3cc(F)c(N(C)C)cc3NC(=O)O)c2)on1. The lowest BCUT2D eigenvalue weighted by Gasteiger charge is -2.18. The zero-order valence-electron chi connectivity index (χ0n) is 17.6. The number of ketones is 1.